The van der Waals surface area contributed by atoms with E-state index in [0.717, 1.165) is 22.8 Å². The molecule has 1 saturated carbocycles. The van der Waals surface area contributed by atoms with Crippen LogP contribution in [0.4, 0.5) is 5.69 Å². The highest BCUT2D eigenvalue weighted by molar-refractivity contribution is 6.36. The van der Waals surface area contributed by atoms with Crippen molar-refractivity contribution < 1.29 is 26.4 Å². The Hall–Kier alpha value is -1.72. The van der Waals surface area contributed by atoms with Crippen LogP contribution in [-0.2, 0) is 11.3 Å². The largest absolute Gasteiger partial charge is 1.00 e. The molecule has 32 heavy (non-hydrogen) atoms. The Balaban J connectivity index is 0.00000289. The highest BCUT2D eigenvalue weighted by atomic mass is 35.5. The summed E-state index contributed by atoms with van der Waals surface area (Å²) in [6, 6.07) is 12.3. The minimum absolute atomic E-state index is 0. The minimum atomic E-state index is -0.187. The molecule has 0 saturated heterocycles. The Bertz CT molecular complexity index is 997. The lowest BCUT2D eigenvalue weighted by Crippen LogP contribution is -3.00. The summed E-state index contributed by atoms with van der Waals surface area (Å²) in [6.45, 7) is 1.17. The number of anilines is 1. The molecule has 1 aliphatic heterocycles. The fourth-order valence-electron chi connectivity index (χ4n) is 4.63. The van der Waals surface area contributed by atoms with Crippen molar-refractivity contribution in [3.8, 4) is 5.75 Å². The Labute approximate surface area is 206 Å². The molecule has 1 amide bonds. The van der Waals surface area contributed by atoms with Crippen LogP contribution in [0.5, 0.6) is 5.75 Å². The van der Waals surface area contributed by atoms with Gasteiger partial charge in [0.15, 0.2) is 0 Å². The smallest absolute Gasteiger partial charge is 0.255 e. The third-order valence-corrected chi connectivity index (χ3v) is 6.89. The number of nitrogens with one attached hydrogen (secondary N) is 1. The van der Waals surface area contributed by atoms with Crippen LogP contribution in [0.1, 0.15) is 43.2 Å². The quantitative estimate of drug-likeness (QED) is 0.646. The van der Waals surface area contributed by atoms with Crippen molar-refractivity contribution >= 4 is 40.9 Å². The van der Waals surface area contributed by atoms with E-state index in [1.807, 2.05) is 12.1 Å². The third-order valence-electron chi connectivity index (χ3n) is 6.40. The molecule has 1 fully saturated rings. The summed E-state index contributed by atoms with van der Waals surface area (Å²) in [4.78, 5) is 12.7. The monoisotopic (exact) mass is 494 g/mol. The average molecular weight is 496 g/mol. The molecule has 7 heteroatoms. The molecule has 4 rings (SSSR count). The summed E-state index contributed by atoms with van der Waals surface area (Å²) in [5, 5.41) is 3.92. The maximum Gasteiger partial charge on any atom is 0.255 e. The topological polar surface area (TPSA) is 38.3 Å². The minimum Gasteiger partial charge on any atom is -1.00 e. The molecule has 0 spiro atoms. The molecule has 172 valence electrons. The van der Waals surface area contributed by atoms with Gasteiger partial charge in [0, 0.05) is 21.8 Å². The first-order valence-corrected chi connectivity index (χ1v) is 11.6. The summed E-state index contributed by atoms with van der Waals surface area (Å²) in [5.41, 5.74) is 3.30. The molecule has 4 nitrogen and oxygen atoms in total. The predicted octanol–water partition coefficient (Wildman–Crippen LogP) is 3.32. The lowest BCUT2D eigenvalue weighted by Gasteiger charge is -2.40. The zero-order valence-electron chi connectivity index (χ0n) is 18.5. The summed E-state index contributed by atoms with van der Waals surface area (Å²) in [6.07, 6.45) is 8.48. The summed E-state index contributed by atoms with van der Waals surface area (Å²) >= 11 is 12.3. The molecule has 1 heterocycles. The molecule has 1 N–H and O–H groups in total. The molecule has 2 aliphatic rings. The Morgan fingerprint density at radius 2 is 1.78 bits per heavy atom. The van der Waals surface area contributed by atoms with Crippen LogP contribution in [0.15, 0.2) is 42.0 Å². The second-order valence-electron chi connectivity index (χ2n) is 9.14. The molecule has 0 radical (unpaired) electrons. The molecular weight excluding hydrogens is 467 g/mol. The molecule has 0 unspecified atom stereocenters. The molecule has 0 atom stereocenters. The first-order chi connectivity index (χ1) is 14.8. The van der Waals surface area contributed by atoms with Gasteiger partial charge in [0.2, 0.25) is 0 Å². The van der Waals surface area contributed by atoms with Gasteiger partial charge in [0.1, 0.15) is 18.9 Å². The van der Waals surface area contributed by atoms with Crippen molar-refractivity contribution in [1.29, 1.82) is 0 Å². The van der Waals surface area contributed by atoms with Gasteiger partial charge in [-0.1, -0.05) is 41.8 Å². The normalized spacial score (nSPS) is 16.3. The molecular formula is C25H29Cl3N2O2. The predicted molar refractivity (Wildman–Crippen MR) is 128 cm³/mol. The number of rotatable bonds is 5. The molecule has 2 aromatic rings. The van der Waals surface area contributed by atoms with Crippen LogP contribution >= 0.6 is 23.2 Å². The molecule has 2 aromatic carbocycles. The number of hydrogen-bond acceptors (Lipinski definition) is 2. The van der Waals surface area contributed by atoms with Crippen molar-refractivity contribution in [2.24, 2.45) is 0 Å². The van der Waals surface area contributed by atoms with E-state index in [4.69, 9.17) is 27.9 Å². The lowest BCUT2D eigenvalue weighted by atomic mass is 9.92. The second kappa shape index (κ2) is 10.5. The first kappa shape index (κ1) is 24.9. The maximum atomic E-state index is 12.7. The standard InChI is InChI=1S/C25H28Cl2N2O2.ClH/c1-29(2,22-6-4-3-5-7-22)15-17-8-10-21(11-9-17)28-25(30)19-12-18-13-20(26)14-23(27)24(18)31-16-19;/h8-14,22H,3-7,15-16H2,1-2H3;1H. The zero-order valence-corrected chi connectivity index (χ0v) is 20.7. The number of carbonyl (C=O) groups excluding carboxylic acids is 1. The van der Waals surface area contributed by atoms with Gasteiger partial charge in [-0.3, -0.25) is 4.79 Å². The van der Waals surface area contributed by atoms with Crippen LogP contribution in [-0.4, -0.2) is 37.1 Å². The van der Waals surface area contributed by atoms with Crippen LogP contribution in [0.25, 0.3) is 6.08 Å². The summed E-state index contributed by atoms with van der Waals surface area (Å²) < 4.78 is 6.70. The maximum absolute atomic E-state index is 12.7. The summed E-state index contributed by atoms with van der Waals surface area (Å²) in [7, 11) is 4.66. The van der Waals surface area contributed by atoms with Crippen molar-refractivity contribution in [2.45, 2.75) is 44.7 Å². The molecule has 1 aliphatic carbocycles. The average Bonchev–Trinajstić information content (AvgIpc) is 2.75. The van der Waals surface area contributed by atoms with E-state index in [1.54, 1.807) is 18.2 Å². The van der Waals surface area contributed by atoms with Crippen molar-refractivity contribution in [3.05, 3.63) is 63.1 Å². The number of ether oxygens (including phenoxy) is 1. The van der Waals surface area contributed by atoms with Crippen molar-refractivity contribution in [3.63, 3.8) is 0 Å². The van der Waals surface area contributed by atoms with Gasteiger partial charge < -0.3 is 26.9 Å². The van der Waals surface area contributed by atoms with Gasteiger partial charge in [-0.25, -0.2) is 0 Å². The van der Waals surface area contributed by atoms with E-state index in [9.17, 15) is 4.79 Å². The van der Waals surface area contributed by atoms with Gasteiger partial charge >= 0.3 is 0 Å². The fourth-order valence-corrected chi connectivity index (χ4v) is 5.20. The highest BCUT2D eigenvalue weighted by Gasteiger charge is 2.29. The van der Waals surface area contributed by atoms with E-state index < -0.39 is 0 Å². The van der Waals surface area contributed by atoms with E-state index in [0.29, 0.717) is 26.9 Å². The number of quaternary nitrogens is 1. The zero-order chi connectivity index (χ0) is 22.0. The Morgan fingerprint density at radius 3 is 2.47 bits per heavy atom. The number of hydrogen-bond donors (Lipinski definition) is 1. The van der Waals surface area contributed by atoms with E-state index in [1.165, 1.54) is 37.7 Å². The first-order valence-electron chi connectivity index (χ1n) is 10.9. The molecule has 0 bridgehead atoms. The SMILES string of the molecule is C[N+](C)(Cc1ccc(NC(=O)C2=Cc3cc(Cl)cc(Cl)c3OC2)cc1)C1CCCCC1.[Cl-]. The van der Waals surface area contributed by atoms with Crippen molar-refractivity contribution in [1.82, 2.24) is 0 Å². The van der Waals surface area contributed by atoms with Crippen LogP contribution in [0.2, 0.25) is 10.0 Å². The number of amides is 1. The van der Waals surface area contributed by atoms with Gasteiger partial charge in [-0.15, -0.1) is 0 Å². The number of benzene rings is 2. The van der Waals surface area contributed by atoms with E-state index in [-0.39, 0.29) is 24.9 Å². The number of nitrogens with zero attached hydrogens (tertiary/aromatic N) is 1. The van der Waals surface area contributed by atoms with Crippen LogP contribution < -0.4 is 22.5 Å². The second-order valence-corrected chi connectivity index (χ2v) is 9.99. The number of carbonyl (C=O) groups is 1. The Morgan fingerprint density at radius 1 is 1.09 bits per heavy atom. The third kappa shape index (κ3) is 5.79. The van der Waals surface area contributed by atoms with Gasteiger partial charge in [-0.05, 0) is 56.0 Å². The molecule has 0 aromatic heterocycles. The van der Waals surface area contributed by atoms with Crippen LogP contribution in [0, 0.1) is 0 Å². The van der Waals surface area contributed by atoms with Crippen molar-refractivity contribution in [2.75, 3.05) is 26.0 Å². The van der Waals surface area contributed by atoms with E-state index >= 15 is 0 Å². The summed E-state index contributed by atoms with van der Waals surface area (Å²) in [5.74, 6) is 0.374. The number of halogens is 3. The van der Waals surface area contributed by atoms with E-state index in [2.05, 4.69) is 31.5 Å². The lowest BCUT2D eigenvalue weighted by molar-refractivity contribution is -0.929. The fraction of sp³-hybridized carbons (Fsp3) is 0.400. The van der Waals surface area contributed by atoms with Gasteiger partial charge in [0.25, 0.3) is 5.91 Å². The Kier molecular flexibility index (Phi) is 8.16. The van der Waals surface area contributed by atoms with Gasteiger partial charge in [0.05, 0.1) is 30.7 Å². The number of fused-ring (bicyclic) bond motifs is 1. The van der Waals surface area contributed by atoms with Crippen LogP contribution in [0.3, 0.4) is 0 Å². The highest BCUT2D eigenvalue weighted by Crippen LogP contribution is 2.36. The van der Waals surface area contributed by atoms with Gasteiger partial charge in [-0.2, -0.15) is 0 Å².